The first-order valence-electron chi connectivity index (χ1n) is 5.69. The summed E-state index contributed by atoms with van der Waals surface area (Å²) in [6, 6.07) is 5.74. The van der Waals surface area contributed by atoms with Crippen molar-refractivity contribution in [2.24, 2.45) is 0 Å². The van der Waals surface area contributed by atoms with E-state index < -0.39 is 0 Å². The van der Waals surface area contributed by atoms with Crippen molar-refractivity contribution in [1.29, 1.82) is 0 Å². The molecule has 18 heavy (non-hydrogen) atoms. The highest BCUT2D eigenvalue weighted by atomic mass is 79.9. The van der Waals surface area contributed by atoms with Gasteiger partial charge in [-0.2, -0.15) is 0 Å². The molecule has 0 aliphatic rings. The summed E-state index contributed by atoms with van der Waals surface area (Å²) in [5.41, 5.74) is 0.922. The molecule has 0 saturated heterocycles. The molecule has 2 rings (SSSR count). The van der Waals surface area contributed by atoms with Crippen molar-refractivity contribution in [3.05, 3.63) is 32.7 Å². The quantitative estimate of drug-likeness (QED) is 0.828. The fourth-order valence-electron chi connectivity index (χ4n) is 1.47. The van der Waals surface area contributed by atoms with Crippen molar-refractivity contribution in [3.8, 4) is 10.6 Å². The predicted octanol–water partition coefficient (Wildman–Crippen LogP) is 4.12. The van der Waals surface area contributed by atoms with Gasteiger partial charge in [-0.05, 0) is 31.2 Å². The molecule has 1 aromatic carbocycles. The zero-order chi connectivity index (χ0) is 13.0. The molecule has 0 atom stereocenters. The van der Waals surface area contributed by atoms with E-state index in [0.717, 1.165) is 39.6 Å². The molecule has 1 heterocycles. The van der Waals surface area contributed by atoms with E-state index in [-0.39, 0.29) is 0 Å². The topological polar surface area (TPSA) is 37.8 Å². The third-order valence-electron chi connectivity index (χ3n) is 2.33. The summed E-state index contributed by atoms with van der Waals surface area (Å²) in [5.74, 6) is 0. The molecule has 3 nitrogen and oxygen atoms in total. The lowest BCUT2D eigenvalue weighted by atomic mass is 10.2. The van der Waals surface area contributed by atoms with Gasteiger partial charge >= 0.3 is 0 Å². The zero-order valence-corrected chi connectivity index (χ0v) is 13.1. The fourth-order valence-corrected chi connectivity index (χ4v) is 2.93. The van der Waals surface area contributed by atoms with Crippen LogP contribution >= 0.6 is 38.9 Å². The molecule has 0 aliphatic carbocycles. The maximum Gasteiger partial charge on any atom is 0.149 e. The van der Waals surface area contributed by atoms with E-state index in [1.165, 1.54) is 0 Å². The Labute approximate surface area is 124 Å². The van der Waals surface area contributed by atoms with Crippen LogP contribution < -0.4 is 5.32 Å². The second-order valence-corrected chi connectivity index (χ2v) is 6.19. The summed E-state index contributed by atoms with van der Waals surface area (Å²) >= 11 is 11.2. The van der Waals surface area contributed by atoms with E-state index in [1.54, 1.807) is 11.3 Å². The molecule has 0 spiro atoms. The Morgan fingerprint density at radius 1 is 1.39 bits per heavy atom. The van der Waals surface area contributed by atoms with Gasteiger partial charge in [0.05, 0.1) is 5.02 Å². The maximum atomic E-state index is 6.17. The van der Waals surface area contributed by atoms with Gasteiger partial charge in [0.25, 0.3) is 0 Å². The maximum absolute atomic E-state index is 6.17. The lowest BCUT2D eigenvalue weighted by molar-refractivity contribution is 0.668. The Balaban J connectivity index is 2.16. The molecule has 0 unspecified atom stereocenters. The zero-order valence-electron chi connectivity index (χ0n) is 9.91. The second-order valence-electron chi connectivity index (χ2n) is 3.80. The smallest absolute Gasteiger partial charge is 0.149 e. The molecular weight excluding hydrogens is 334 g/mol. The van der Waals surface area contributed by atoms with E-state index in [9.17, 15) is 0 Å². The summed E-state index contributed by atoms with van der Waals surface area (Å²) < 4.78 is 0.989. The van der Waals surface area contributed by atoms with Crippen LogP contribution in [0, 0.1) is 0 Å². The van der Waals surface area contributed by atoms with Gasteiger partial charge in [-0.25, -0.2) is 0 Å². The summed E-state index contributed by atoms with van der Waals surface area (Å²) in [6.07, 6.45) is 1.11. The Morgan fingerprint density at radius 2 is 2.22 bits per heavy atom. The molecule has 0 amide bonds. The number of aromatic nitrogens is 2. The van der Waals surface area contributed by atoms with E-state index in [2.05, 4.69) is 38.4 Å². The fraction of sp³-hybridized carbons (Fsp3) is 0.333. The monoisotopic (exact) mass is 345 g/mol. The van der Waals surface area contributed by atoms with Crippen molar-refractivity contribution >= 4 is 38.9 Å². The summed E-state index contributed by atoms with van der Waals surface area (Å²) in [6.45, 7) is 3.89. The number of hydrogen-bond donors (Lipinski definition) is 1. The molecule has 0 aliphatic heterocycles. The number of nitrogens with zero attached hydrogens (tertiary/aromatic N) is 2. The van der Waals surface area contributed by atoms with Gasteiger partial charge in [0.1, 0.15) is 10.0 Å². The second kappa shape index (κ2) is 6.61. The molecule has 0 fully saturated rings. The lowest BCUT2D eigenvalue weighted by Gasteiger charge is -2.00. The van der Waals surface area contributed by atoms with Crippen LogP contribution in [0.25, 0.3) is 10.6 Å². The minimum Gasteiger partial charge on any atom is -0.310 e. The minimum atomic E-state index is 0.697. The first-order valence-corrected chi connectivity index (χ1v) is 7.68. The van der Waals surface area contributed by atoms with Crippen LogP contribution in [0.3, 0.4) is 0 Å². The van der Waals surface area contributed by atoms with Gasteiger partial charge in [-0.3, -0.25) is 0 Å². The van der Waals surface area contributed by atoms with Gasteiger partial charge in [-0.1, -0.05) is 45.8 Å². The normalized spacial score (nSPS) is 10.8. The Morgan fingerprint density at radius 3 is 3.00 bits per heavy atom. The molecule has 96 valence electrons. The van der Waals surface area contributed by atoms with Gasteiger partial charge in [0.15, 0.2) is 0 Å². The van der Waals surface area contributed by atoms with E-state index in [1.807, 2.05) is 18.2 Å². The van der Waals surface area contributed by atoms with Crippen LogP contribution in [0.2, 0.25) is 5.02 Å². The Bertz CT molecular complexity index is 530. The Hall–Kier alpha value is -0.490. The largest absolute Gasteiger partial charge is 0.310 e. The van der Waals surface area contributed by atoms with Crippen LogP contribution in [-0.2, 0) is 6.54 Å². The third kappa shape index (κ3) is 3.51. The lowest BCUT2D eigenvalue weighted by Crippen LogP contribution is -2.13. The minimum absolute atomic E-state index is 0.697. The SMILES string of the molecule is CCCNCc1nnc(-c2cc(Br)ccc2Cl)s1. The average molecular weight is 347 g/mol. The Kier molecular flexibility index (Phi) is 5.12. The first-order chi connectivity index (χ1) is 8.70. The molecule has 0 radical (unpaired) electrons. The summed E-state index contributed by atoms with van der Waals surface area (Å²) in [5, 5.41) is 14.2. The highest BCUT2D eigenvalue weighted by Gasteiger charge is 2.10. The molecule has 6 heteroatoms. The van der Waals surface area contributed by atoms with Crippen LogP contribution in [0.4, 0.5) is 0 Å². The van der Waals surface area contributed by atoms with Crippen molar-refractivity contribution < 1.29 is 0 Å². The third-order valence-corrected chi connectivity index (χ3v) is 4.11. The van der Waals surface area contributed by atoms with Crippen molar-refractivity contribution in [3.63, 3.8) is 0 Å². The first kappa shape index (κ1) is 13.9. The van der Waals surface area contributed by atoms with E-state index in [4.69, 9.17) is 11.6 Å². The average Bonchev–Trinajstić information content (AvgIpc) is 2.81. The molecule has 0 saturated carbocycles. The van der Waals surface area contributed by atoms with Gasteiger partial charge in [-0.15, -0.1) is 10.2 Å². The molecule has 1 aromatic heterocycles. The van der Waals surface area contributed by atoms with Crippen LogP contribution in [0.5, 0.6) is 0 Å². The standard InChI is InChI=1S/C12H13BrClN3S/c1-2-5-15-7-11-16-17-12(18-11)9-6-8(13)3-4-10(9)14/h3-4,6,15H,2,5,7H2,1H3. The molecule has 2 aromatic rings. The molecule has 1 N–H and O–H groups in total. The molecular formula is C12H13BrClN3S. The van der Waals surface area contributed by atoms with Gasteiger partial charge < -0.3 is 5.32 Å². The van der Waals surface area contributed by atoms with Gasteiger partial charge in [0.2, 0.25) is 0 Å². The number of hydrogen-bond acceptors (Lipinski definition) is 4. The highest BCUT2D eigenvalue weighted by Crippen LogP contribution is 2.32. The predicted molar refractivity (Wildman–Crippen MR) is 80.1 cm³/mol. The van der Waals surface area contributed by atoms with Crippen molar-refractivity contribution in [2.45, 2.75) is 19.9 Å². The molecule has 0 bridgehead atoms. The van der Waals surface area contributed by atoms with Gasteiger partial charge in [0, 0.05) is 16.6 Å². The number of benzene rings is 1. The van der Waals surface area contributed by atoms with Crippen molar-refractivity contribution in [2.75, 3.05) is 6.54 Å². The van der Waals surface area contributed by atoms with Crippen LogP contribution in [0.15, 0.2) is 22.7 Å². The summed E-state index contributed by atoms with van der Waals surface area (Å²) in [4.78, 5) is 0. The highest BCUT2D eigenvalue weighted by molar-refractivity contribution is 9.10. The number of nitrogens with one attached hydrogen (secondary N) is 1. The van der Waals surface area contributed by atoms with Crippen LogP contribution in [0.1, 0.15) is 18.4 Å². The number of halogens is 2. The van der Waals surface area contributed by atoms with Crippen LogP contribution in [-0.4, -0.2) is 16.7 Å². The van der Waals surface area contributed by atoms with E-state index in [0.29, 0.717) is 5.02 Å². The number of rotatable bonds is 5. The van der Waals surface area contributed by atoms with E-state index >= 15 is 0 Å². The summed E-state index contributed by atoms with van der Waals surface area (Å²) in [7, 11) is 0. The van der Waals surface area contributed by atoms with Crippen molar-refractivity contribution in [1.82, 2.24) is 15.5 Å².